The Morgan fingerprint density at radius 2 is 1.92 bits per heavy atom. The number of carbonyl (C=O) groups excluding carboxylic acids is 1. The summed E-state index contributed by atoms with van der Waals surface area (Å²) in [6.07, 6.45) is 0.531. The van der Waals surface area contributed by atoms with Gasteiger partial charge in [0.05, 0.1) is 11.2 Å². The smallest absolute Gasteiger partial charge is 0.338 e. The number of aromatic carboxylic acids is 1. The number of benzene rings is 2. The molecule has 0 aliphatic heterocycles. The fraction of sp³-hybridized carbons (Fsp3) is 0.0625. The van der Waals surface area contributed by atoms with Gasteiger partial charge in [0.15, 0.2) is 5.75 Å². The van der Waals surface area contributed by atoms with Crippen molar-refractivity contribution in [3.63, 3.8) is 0 Å². The average Bonchev–Trinajstić information content (AvgIpc) is 2.59. The Balaban J connectivity index is 2.59. The highest BCUT2D eigenvalue weighted by molar-refractivity contribution is 7.89. The second-order valence-corrected chi connectivity index (χ2v) is 7.31. The number of carbonyl (C=O) groups is 1. The summed E-state index contributed by atoms with van der Waals surface area (Å²) in [5.74, 6) is -0.585. The Hall–Kier alpha value is -2.51. The third kappa shape index (κ3) is 4.36. The van der Waals surface area contributed by atoms with Crippen molar-refractivity contribution in [3.8, 4) is 5.75 Å². The predicted molar refractivity (Wildman–Crippen MR) is 94.8 cm³/mol. The molecule has 0 aliphatic carbocycles. The number of sulfonamides is 1. The minimum absolute atomic E-state index is 0.0761. The monoisotopic (exact) mass is 415 g/mol. The number of halogens is 2. The van der Waals surface area contributed by atoms with E-state index in [1.165, 1.54) is 5.94 Å². The van der Waals surface area contributed by atoms with Gasteiger partial charge >= 0.3 is 5.97 Å². The molecule has 10 heteroatoms. The summed E-state index contributed by atoms with van der Waals surface area (Å²) in [6.45, 7) is -0.0761. The molecule has 2 aromatic carbocycles. The van der Waals surface area contributed by atoms with E-state index >= 15 is 0 Å². The van der Waals surface area contributed by atoms with Gasteiger partial charge in [0.1, 0.15) is 28.0 Å². The highest BCUT2D eigenvalue weighted by Crippen LogP contribution is 2.39. The van der Waals surface area contributed by atoms with Crippen molar-refractivity contribution in [3.05, 3.63) is 63.8 Å². The lowest BCUT2D eigenvalue weighted by molar-refractivity contribution is 0.0696. The number of hydrogen-bond donors (Lipinski definition) is 2. The molecule has 0 fully saturated rings. The molecule has 0 unspecified atom stereocenters. The van der Waals surface area contributed by atoms with Gasteiger partial charge < -0.3 is 9.84 Å². The first-order chi connectivity index (χ1) is 12.3. The van der Waals surface area contributed by atoms with Crippen molar-refractivity contribution in [1.29, 1.82) is 0 Å². The first kappa shape index (κ1) is 19.8. The van der Waals surface area contributed by atoms with Gasteiger partial charge in [-0.05, 0) is 11.6 Å². The summed E-state index contributed by atoms with van der Waals surface area (Å²) in [5.41, 5.74) is 0.195. The lowest BCUT2D eigenvalue weighted by Gasteiger charge is -2.16. The zero-order chi connectivity index (χ0) is 19.3. The Labute approximate surface area is 158 Å². The maximum atomic E-state index is 12.3. The summed E-state index contributed by atoms with van der Waals surface area (Å²) >= 11 is 11.9. The normalized spacial score (nSPS) is 10.7. The molecule has 0 saturated carbocycles. The van der Waals surface area contributed by atoms with E-state index in [2.05, 4.69) is 0 Å². The fourth-order valence-corrected chi connectivity index (χ4v) is 3.81. The van der Waals surface area contributed by atoms with E-state index in [4.69, 9.17) is 27.9 Å². The minimum Gasteiger partial charge on any atom is -0.486 e. The van der Waals surface area contributed by atoms with Crippen molar-refractivity contribution in [2.24, 2.45) is 0 Å². The Morgan fingerprint density at radius 3 is 2.50 bits per heavy atom. The highest BCUT2D eigenvalue weighted by atomic mass is 35.5. The maximum absolute atomic E-state index is 12.3. The van der Waals surface area contributed by atoms with Crippen LogP contribution in [0, 0.1) is 0 Å². The van der Waals surface area contributed by atoms with Crippen LogP contribution in [0.25, 0.3) is 0 Å². The van der Waals surface area contributed by atoms with E-state index in [1.54, 1.807) is 30.3 Å². The molecule has 0 heterocycles. The van der Waals surface area contributed by atoms with Gasteiger partial charge in [-0.3, -0.25) is 4.72 Å². The number of carboxylic acid groups (broad SMARTS) is 1. The third-order valence-corrected chi connectivity index (χ3v) is 5.11. The van der Waals surface area contributed by atoms with E-state index in [0.717, 1.165) is 6.07 Å². The number of nitrogens with one attached hydrogen (secondary N) is 1. The quantitative estimate of drug-likeness (QED) is 0.672. The molecule has 2 aromatic rings. The lowest BCUT2D eigenvalue weighted by atomic mass is 10.2. The fourth-order valence-electron chi connectivity index (χ4n) is 2.00. The van der Waals surface area contributed by atoms with E-state index in [9.17, 15) is 23.1 Å². The number of carboxylic acids is 1. The second kappa shape index (κ2) is 8.25. The van der Waals surface area contributed by atoms with Crippen molar-refractivity contribution in [1.82, 2.24) is 4.72 Å². The standard InChI is InChI=1S/C16H11Cl2NO6S/c17-11-8-12(26(23,24)19-6-7-20)15(14(18)13(11)16(21)22)25-9-10-4-2-1-3-5-10/h1-6,8,19H,9H2,(H,21,22). The first-order valence-electron chi connectivity index (χ1n) is 6.91. The highest BCUT2D eigenvalue weighted by Gasteiger charge is 2.28. The van der Waals surface area contributed by atoms with E-state index in [0.29, 0.717) is 11.8 Å². The Morgan fingerprint density at radius 1 is 1.27 bits per heavy atom. The van der Waals surface area contributed by atoms with Crippen LogP contribution in [0.5, 0.6) is 5.75 Å². The summed E-state index contributed by atoms with van der Waals surface area (Å²) in [6, 6.07) is 9.62. The van der Waals surface area contributed by atoms with Crippen molar-refractivity contribution in [2.45, 2.75) is 11.5 Å². The van der Waals surface area contributed by atoms with Gasteiger partial charge in [0, 0.05) is 0 Å². The lowest BCUT2D eigenvalue weighted by Crippen LogP contribution is -2.20. The molecule has 0 aromatic heterocycles. The minimum atomic E-state index is -4.30. The molecule has 2 rings (SSSR count). The van der Waals surface area contributed by atoms with E-state index in [-0.39, 0.29) is 6.61 Å². The van der Waals surface area contributed by atoms with Crippen LogP contribution in [0.3, 0.4) is 0 Å². The molecule has 7 nitrogen and oxygen atoms in total. The molecular formula is C16H11Cl2NO6S. The first-order valence-corrected chi connectivity index (χ1v) is 9.15. The molecule has 0 spiro atoms. The van der Waals surface area contributed by atoms with Crippen LogP contribution in [0.2, 0.25) is 10.0 Å². The van der Waals surface area contributed by atoms with Crippen LogP contribution in [-0.4, -0.2) is 25.4 Å². The van der Waals surface area contributed by atoms with Gasteiger partial charge in [-0.1, -0.05) is 53.5 Å². The van der Waals surface area contributed by atoms with E-state index < -0.39 is 42.2 Å². The zero-order valence-electron chi connectivity index (χ0n) is 12.9. The third-order valence-electron chi connectivity index (χ3n) is 3.14. The summed E-state index contributed by atoms with van der Waals surface area (Å²) in [7, 11) is -4.30. The zero-order valence-corrected chi connectivity index (χ0v) is 15.2. The van der Waals surface area contributed by atoms with Gasteiger partial charge in [-0.2, -0.15) is 0 Å². The summed E-state index contributed by atoms with van der Waals surface area (Å²) in [5, 5.41) is 8.37. The van der Waals surface area contributed by atoms with Crippen LogP contribution < -0.4 is 9.46 Å². The van der Waals surface area contributed by atoms with Crippen LogP contribution >= 0.6 is 23.2 Å². The molecule has 0 saturated heterocycles. The molecule has 2 N–H and O–H groups in total. The van der Waals surface area contributed by atoms with Crippen molar-refractivity contribution >= 4 is 45.1 Å². The molecule has 26 heavy (non-hydrogen) atoms. The van der Waals surface area contributed by atoms with Crippen molar-refractivity contribution in [2.75, 3.05) is 0 Å². The van der Waals surface area contributed by atoms with E-state index in [1.807, 2.05) is 4.72 Å². The van der Waals surface area contributed by atoms with Crippen molar-refractivity contribution < 1.29 is 27.9 Å². The predicted octanol–water partition coefficient (Wildman–Crippen LogP) is 2.89. The van der Waals surface area contributed by atoms with Crippen LogP contribution in [-0.2, 0) is 21.4 Å². The Kier molecular flexibility index (Phi) is 6.28. The van der Waals surface area contributed by atoms with Gasteiger partial charge in [0.25, 0.3) is 10.0 Å². The maximum Gasteiger partial charge on any atom is 0.338 e. The largest absolute Gasteiger partial charge is 0.486 e. The molecular weight excluding hydrogens is 405 g/mol. The topological polar surface area (TPSA) is 110 Å². The molecule has 0 atom stereocenters. The van der Waals surface area contributed by atoms with Gasteiger partial charge in [0.2, 0.25) is 0 Å². The second-order valence-electron chi connectivity index (χ2n) is 4.84. The van der Waals surface area contributed by atoms with Gasteiger partial charge in [-0.25, -0.2) is 18.0 Å². The van der Waals surface area contributed by atoms with Gasteiger partial charge in [-0.15, -0.1) is 0 Å². The number of hydrogen-bond acceptors (Lipinski definition) is 5. The molecule has 0 amide bonds. The SMILES string of the molecule is O=C=CNS(=O)(=O)c1cc(Cl)c(C(=O)O)c(Cl)c1OCc1ccccc1. The van der Waals surface area contributed by atoms with Crippen LogP contribution in [0.15, 0.2) is 47.5 Å². The molecule has 0 aliphatic rings. The molecule has 0 radical (unpaired) electrons. The number of ether oxygens (including phenoxy) is 1. The molecule has 0 bridgehead atoms. The Bertz CT molecular complexity index is 986. The summed E-state index contributed by atoms with van der Waals surface area (Å²) in [4.78, 5) is 21.1. The average molecular weight is 416 g/mol. The van der Waals surface area contributed by atoms with Crippen LogP contribution in [0.1, 0.15) is 15.9 Å². The van der Waals surface area contributed by atoms with Crippen LogP contribution in [0.4, 0.5) is 0 Å². The number of rotatable bonds is 7. The molecule has 136 valence electrons. The summed E-state index contributed by atoms with van der Waals surface area (Å²) < 4.78 is 32.0.